The van der Waals surface area contributed by atoms with E-state index in [1.165, 1.54) is 0 Å². The largest absolute Gasteiger partial charge is 0.480 e. The van der Waals surface area contributed by atoms with E-state index in [1.807, 2.05) is 20.8 Å². The summed E-state index contributed by atoms with van der Waals surface area (Å²) in [4.78, 5) is 13.2. The molecule has 0 spiro atoms. The zero-order valence-electron chi connectivity index (χ0n) is 9.21. The summed E-state index contributed by atoms with van der Waals surface area (Å²) in [6, 6.07) is -0.371. The van der Waals surface area contributed by atoms with Crippen molar-refractivity contribution in [3.05, 3.63) is 0 Å². The smallest absolute Gasteiger partial charge is 0.321 e. The average molecular weight is 200 g/mol. The molecule has 1 aliphatic heterocycles. The van der Waals surface area contributed by atoms with Crippen molar-refractivity contribution in [2.45, 2.75) is 26.8 Å². The maximum atomic E-state index is 11.2. The van der Waals surface area contributed by atoms with E-state index in [-0.39, 0.29) is 11.5 Å². The van der Waals surface area contributed by atoms with Gasteiger partial charge in [0, 0.05) is 26.2 Å². The van der Waals surface area contributed by atoms with Crippen molar-refractivity contribution in [1.82, 2.24) is 10.2 Å². The Morgan fingerprint density at radius 2 is 1.86 bits per heavy atom. The number of hydrogen-bond acceptors (Lipinski definition) is 3. The number of aliphatic carboxylic acids is 1. The minimum absolute atomic E-state index is 0.205. The number of nitrogens with one attached hydrogen (secondary N) is 1. The number of rotatable bonds is 2. The molecule has 0 aromatic heterocycles. The van der Waals surface area contributed by atoms with Gasteiger partial charge >= 0.3 is 5.97 Å². The van der Waals surface area contributed by atoms with E-state index >= 15 is 0 Å². The van der Waals surface area contributed by atoms with Crippen LogP contribution in [-0.2, 0) is 4.79 Å². The Morgan fingerprint density at radius 1 is 1.36 bits per heavy atom. The second-order valence-electron chi connectivity index (χ2n) is 4.89. The third kappa shape index (κ3) is 2.69. The molecule has 4 nitrogen and oxygen atoms in total. The van der Waals surface area contributed by atoms with Crippen LogP contribution in [0.1, 0.15) is 20.8 Å². The Kier molecular flexibility index (Phi) is 3.50. The number of nitrogens with zero attached hydrogens (tertiary/aromatic N) is 1. The number of piperazine rings is 1. The lowest BCUT2D eigenvalue weighted by atomic mass is 9.85. The van der Waals surface area contributed by atoms with Crippen LogP contribution in [0.25, 0.3) is 0 Å². The number of carboxylic acids is 1. The van der Waals surface area contributed by atoms with E-state index in [0.29, 0.717) is 0 Å². The fourth-order valence-corrected chi connectivity index (χ4v) is 2.01. The number of hydrogen-bond donors (Lipinski definition) is 2. The molecule has 14 heavy (non-hydrogen) atoms. The van der Waals surface area contributed by atoms with E-state index in [0.717, 1.165) is 26.2 Å². The summed E-state index contributed by atoms with van der Waals surface area (Å²) in [5.41, 5.74) is -0.205. The van der Waals surface area contributed by atoms with Gasteiger partial charge in [0.25, 0.3) is 0 Å². The van der Waals surface area contributed by atoms with Crippen molar-refractivity contribution in [3.63, 3.8) is 0 Å². The topological polar surface area (TPSA) is 52.6 Å². The van der Waals surface area contributed by atoms with Gasteiger partial charge in [-0.25, -0.2) is 0 Å². The summed E-state index contributed by atoms with van der Waals surface area (Å²) in [6.45, 7) is 9.37. The van der Waals surface area contributed by atoms with Gasteiger partial charge in [0.15, 0.2) is 0 Å². The van der Waals surface area contributed by atoms with Gasteiger partial charge in [-0.15, -0.1) is 0 Å². The molecule has 82 valence electrons. The summed E-state index contributed by atoms with van der Waals surface area (Å²) in [5, 5.41) is 12.4. The highest BCUT2D eigenvalue weighted by atomic mass is 16.4. The van der Waals surface area contributed by atoms with Crippen LogP contribution in [-0.4, -0.2) is 48.2 Å². The Morgan fingerprint density at radius 3 is 2.21 bits per heavy atom. The first-order valence-electron chi connectivity index (χ1n) is 5.10. The molecule has 2 N–H and O–H groups in total. The van der Waals surface area contributed by atoms with E-state index in [4.69, 9.17) is 0 Å². The van der Waals surface area contributed by atoms with Crippen molar-refractivity contribution in [3.8, 4) is 0 Å². The van der Waals surface area contributed by atoms with Gasteiger partial charge in [0.2, 0.25) is 0 Å². The molecule has 4 heteroatoms. The van der Waals surface area contributed by atoms with Crippen molar-refractivity contribution < 1.29 is 9.90 Å². The predicted molar refractivity (Wildman–Crippen MR) is 55.3 cm³/mol. The van der Waals surface area contributed by atoms with Gasteiger partial charge < -0.3 is 10.4 Å². The van der Waals surface area contributed by atoms with Crippen LogP contribution in [0.2, 0.25) is 0 Å². The zero-order valence-corrected chi connectivity index (χ0v) is 9.21. The first-order chi connectivity index (χ1) is 6.43. The maximum absolute atomic E-state index is 11.2. The van der Waals surface area contributed by atoms with Crippen molar-refractivity contribution in [1.29, 1.82) is 0 Å². The second-order valence-corrected chi connectivity index (χ2v) is 4.89. The highest BCUT2D eigenvalue weighted by Crippen LogP contribution is 2.24. The summed E-state index contributed by atoms with van der Waals surface area (Å²) in [7, 11) is 0. The molecular formula is C10H20N2O2. The SMILES string of the molecule is CC(C)(C)[C@H](C(=O)O)N1CCNCC1. The van der Waals surface area contributed by atoms with Crippen LogP contribution < -0.4 is 5.32 Å². The third-order valence-electron chi connectivity index (χ3n) is 2.57. The second kappa shape index (κ2) is 4.28. The lowest BCUT2D eigenvalue weighted by Crippen LogP contribution is -2.55. The predicted octanol–water partition coefficient (Wildman–Crippen LogP) is 0.391. The summed E-state index contributed by atoms with van der Waals surface area (Å²) in [6.07, 6.45) is 0. The first kappa shape index (κ1) is 11.5. The van der Waals surface area contributed by atoms with Crippen molar-refractivity contribution in [2.24, 2.45) is 5.41 Å². The highest BCUT2D eigenvalue weighted by molar-refractivity contribution is 5.74. The van der Waals surface area contributed by atoms with Crippen LogP contribution >= 0.6 is 0 Å². The maximum Gasteiger partial charge on any atom is 0.321 e. The summed E-state index contributed by atoms with van der Waals surface area (Å²) in [5.74, 6) is -0.709. The number of carbonyl (C=O) groups is 1. The molecule has 1 aliphatic rings. The Labute approximate surface area is 85.3 Å². The minimum atomic E-state index is -0.709. The van der Waals surface area contributed by atoms with Crippen LogP contribution in [0.4, 0.5) is 0 Å². The van der Waals surface area contributed by atoms with Crippen molar-refractivity contribution in [2.75, 3.05) is 26.2 Å². The fourth-order valence-electron chi connectivity index (χ4n) is 2.01. The Hall–Kier alpha value is -0.610. The third-order valence-corrected chi connectivity index (χ3v) is 2.57. The first-order valence-corrected chi connectivity index (χ1v) is 5.10. The van der Waals surface area contributed by atoms with Gasteiger partial charge in [-0.3, -0.25) is 9.69 Å². The van der Waals surface area contributed by atoms with Gasteiger partial charge in [0.05, 0.1) is 0 Å². The van der Waals surface area contributed by atoms with E-state index in [9.17, 15) is 9.90 Å². The molecule has 0 aromatic rings. The highest BCUT2D eigenvalue weighted by Gasteiger charge is 2.36. The molecule has 1 saturated heterocycles. The quantitative estimate of drug-likeness (QED) is 0.677. The van der Waals surface area contributed by atoms with Gasteiger partial charge in [-0.2, -0.15) is 0 Å². The van der Waals surface area contributed by atoms with Crippen molar-refractivity contribution >= 4 is 5.97 Å². The average Bonchev–Trinajstić information content (AvgIpc) is 2.02. The van der Waals surface area contributed by atoms with E-state index in [2.05, 4.69) is 10.2 Å². The lowest BCUT2D eigenvalue weighted by molar-refractivity contribution is -0.148. The van der Waals surface area contributed by atoms with Crippen LogP contribution in [0.15, 0.2) is 0 Å². The zero-order chi connectivity index (χ0) is 10.8. The molecule has 1 atom stereocenters. The molecule has 0 saturated carbocycles. The lowest BCUT2D eigenvalue weighted by Gasteiger charge is -2.39. The normalized spacial score (nSPS) is 21.9. The molecule has 1 rings (SSSR count). The van der Waals surface area contributed by atoms with Crippen LogP contribution in [0.3, 0.4) is 0 Å². The molecule has 0 unspecified atom stereocenters. The standard InChI is InChI=1S/C10H20N2O2/c1-10(2,3)8(9(13)14)12-6-4-11-5-7-12/h8,11H,4-7H2,1-3H3,(H,13,14)/t8-/m0/s1. The Bertz CT molecular complexity index is 205. The van der Waals surface area contributed by atoms with E-state index in [1.54, 1.807) is 0 Å². The van der Waals surface area contributed by atoms with E-state index < -0.39 is 5.97 Å². The molecule has 0 bridgehead atoms. The van der Waals surface area contributed by atoms with Crippen LogP contribution in [0.5, 0.6) is 0 Å². The van der Waals surface area contributed by atoms with Gasteiger partial charge in [-0.1, -0.05) is 20.8 Å². The minimum Gasteiger partial charge on any atom is -0.480 e. The van der Waals surface area contributed by atoms with Gasteiger partial charge in [-0.05, 0) is 5.41 Å². The number of carboxylic acid groups (broad SMARTS) is 1. The molecule has 1 heterocycles. The molecule has 0 amide bonds. The molecule has 0 aromatic carbocycles. The molecule has 1 fully saturated rings. The van der Waals surface area contributed by atoms with Crippen LogP contribution in [0, 0.1) is 5.41 Å². The molecule has 0 radical (unpaired) electrons. The fraction of sp³-hybridized carbons (Fsp3) is 0.900. The summed E-state index contributed by atoms with van der Waals surface area (Å²) < 4.78 is 0. The molecule has 0 aliphatic carbocycles. The summed E-state index contributed by atoms with van der Waals surface area (Å²) >= 11 is 0. The van der Waals surface area contributed by atoms with Gasteiger partial charge in [0.1, 0.15) is 6.04 Å². The molecular weight excluding hydrogens is 180 g/mol. The Balaban J connectivity index is 2.71. The monoisotopic (exact) mass is 200 g/mol.